The maximum Gasteiger partial charge on any atom is 0.352 e. The van der Waals surface area contributed by atoms with Crippen LogP contribution < -0.4 is 11.2 Å². The number of aromatic carboxylic acids is 1. The lowest BCUT2D eigenvalue weighted by Crippen LogP contribution is -2.18. The molecule has 0 unspecified atom stereocenters. The first-order valence-corrected chi connectivity index (χ1v) is 5.07. The van der Waals surface area contributed by atoms with Crippen LogP contribution in [0.3, 0.4) is 0 Å². The van der Waals surface area contributed by atoms with E-state index >= 15 is 0 Å². The Morgan fingerprint density at radius 1 is 1.53 bits per heavy atom. The number of carboxylic acid groups (broad SMARTS) is 1. The fraction of sp³-hybridized carbons (Fsp3) is 0.182. The standard InChI is InChI=1S/C11H11N3O3/c1-2-14-8(11(16)17)4-9(15)7-3-6(12)5-13-10(7)14/h3-5H,2,12H2,1H3,(H,16,17). The van der Waals surface area contributed by atoms with Gasteiger partial charge in [0.1, 0.15) is 11.3 Å². The van der Waals surface area contributed by atoms with Gasteiger partial charge in [-0.1, -0.05) is 0 Å². The lowest BCUT2D eigenvalue weighted by molar-refractivity contribution is 0.0685. The van der Waals surface area contributed by atoms with Crippen molar-refractivity contribution in [1.82, 2.24) is 9.55 Å². The predicted molar refractivity (Wildman–Crippen MR) is 63.0 cm³/mol. The molecule has 0 atom stereocenters. The molecule has 0 aliphatic carbocycles. The largest absolute Gasteiger partial charge is 0.477 e. The first kappa shape index (κ1) is 11.1. The van der Waals surface area contributed by atoms with Gasteiger partial charge in [-0.15, -0.1) is 0 Å². The van der Waals surface area contributed by atoms with Gasteiger partial charge in [-0.2, -0.15) is 0 Å². The molecule has 6 heteroatoms. The Hall–Kier alpha value is -2.37. The van der Waals surface area contributed by atoms with Crippen LogP contribution in [0.2, 0.25) is 0 Å². The average molecular weight is 233 g/mol. The van der Waals surface area contributed by atoms with E-state index in [1.165, 1.54) is 16.8 Å². The van der Waals surface area contributed by atoms with E-state index in [-0.39, 0.29) is 11.1 Å². The summed E-state index contributed by atoms with van der Waals surface area (Å²) in [6.07, 6.45) is 1.40. The molecule has 0 bridgehead atoms. The van der Waals surface area contributed by atoms with Crippen molar-refractivity contribution in [2.75, 3.05) is 5.73 Å². The molecule has 0 saturated heterocycles. The molecule has 2 aromatic heterocycles. The summed E-state index contributed by atoms with van der Waals surface area (Å²) in [5, 5.41) is 9.35. The van der Waals surface area contributed by atoms with E-state index in [0.29, 0.717) is 23.3 Å². The monoisotopic (exact) mass is 233 g/mol. The second-order valence-corrected chi connectivity index (χ2v) is 3.58. The molecule has 88 valence electrons. The Labute approximate surface area is 96.3 Å². The first-order chi connectivity index (χ1) is 8.04. The molecule has 0 aliphatic heterocycles. The van der Waals surface area contributed by atoms with Gasteiger partial charge in [0.2, 0.25) is 0 Å². The number of aromatic nitrogens is 2. The van der Waals surface area contributed by atoms with Crippen molar-refractivity contribution in [3.8, 4) is 0 Å². The second kappa shape index (κ2) is 3.89. The van der Waals surface area contributed by atoms with Crippen LogP contribution in [-0.4, -0.2) is 20.6 Å². The molecule has 3 N–H and O–H groups in total. The van der Waals surface area contributed by atoms with E-state index in [0.717, 1.165) is 6.07 Å². The summed E-state index contributed by atoms with van der Waals surface area (Å²) in [6.45, 7) is 2.20. The summed E-state index contributed by atoms with van der Waals surface area (Å²) < 4.78 is 1.47. The van der Waals surface area contributed by atoms with E-state index in [9.17, 15) is 9.59 Å². The summed E-state index contributed by atoms with van der Waals surface area (Å²) >= 11 is 0. The van der Waals surface area contributed by atoms with Gasteiger partial charge in [0.25, 0.3) is 0 Å². The molecular formula is C11H11N3O3. The Morgan fingerprint density at radius 2 is 2.24 bits per heavy atom. The highest BCUT2D eigenvalue weighted by atomic mass is 16.4. The summed E-state index contributed by atoms with van der Waals surface area (Å²) in [5.41, 5.74) is 5.82. The molecule has 17 heavy (non-hydrogen) atoms. The van der Waals surface area contributed by atoms with Crippen LogP contribution in [0.15, 0.2) is 23.1 Å². The molecule has 0 fully saturated rings. The fourth-order valence-corrected chi connectivity index (χ4v) is 1.76. The number of carboxylic acids is 1. The summed E-state index contributed by atoms with van der Waals surface area (Å²) in [5.74, 6) is -1.15. The van der Waals surface area contributed by atoms with E-state index in [2.05, 4.69) is 4.98 Å². The molecule has 2 aromatic rings. The molecule has 0 amide bonds. The van der Waals surface area contributed by atoms with Gasteiger partial charge in [0, 0.05) is 12.6 Å². The topological polar surface area (TPSA) is 98.2 Å². The molecule has 0 saturated carbocycles. The van der Waals surface area contributed by atoms with Crippen LogP contribution in [-0.2, 0) is 6.54 Å². The Morgan fingerprint density at radius 3 is 2.82 bits per heavy atom. The van der Waals surface area contributed by atoms with Crippen LogP contribution >= 0.6 is 0 Å². The average Bonchev–Trinajstić information content (AvgIpc) is 2.29. The quantitative estimate of drug-likeness (QED) is 0.795. The number of aryl methyl sites for hydroxylation is 1. The molecule has 2 rings (SSSR count). The molecule has 0 radical (unpaired) electrons. The zero-order chi connectivity index (χ0) is 12.6. The summed E-state index contributed by atoms with van der Waals surface area (Å²) in [7, 11) is 0. The molecule has 6 nitrogen and oxygen atoms in total. The first-order valence-electron chi connectivity index (χ1n) is 5.07. The third-order valence-electron chi connectivity index (χ3n) is 2.50. The van der Waals surface area contributed by atoms with E-state index in [4.69, 9.17) is 10.8 Å². The summed E-state index contributed by atoms with van der Waals surface area (Å²) in [6, 6.07) is 2.59. The van der Waals surface area contributed by atoms with Crippen molar-refractivity contribution >= 4 is 22.7 Å². The number of rotatable bonds is 2. The molecule has 0 spiro atoms. The van der Waals surface area contributed by atoms with E-state index in [1.807, 2.05) is 0 Å². The van der Waals surface area contributed by atoms with Gasteiger partial charge in [0.15, 0.2) is 5.43 Å². The van der Waals surface area contributed by atoms with Crippen LogP contribution in [0.1, 0.15) is 17.4 Å². The molecule has 2 heterocycles. The Balaban J connectivity index is 2.96. The maximum atomic E-state index is 11.8. The van der Waals surface area contributed by atoms with Crippen molar-refractivity contribution in [3.05, 3.63) is 34.2 Å². The number of nitrogens with two attached hydrogens (primary N) is 1. The SMILES string of the molecule is CCn1c(C(=O)O)cc(=O)c2cc(N)cnc21. The zero-order valence-electron chi connectivity index (χ0n) is 9.17. The van der Waals surface area contributed by atoms with Gasteiger partial charge in [-0.05, 0) is 13.0 Å². The number of pyridine rings is 2. The highest BCUT2D eigenvalue weighted by Gasteiger charge is 2.14. The van der Waals surface area contributed by atoms with Crippen LogP contribution in [0.25, 0.3) is 11.0 Å². The molecule has 0 aromatic carbocycles. The molecular weight excluding hydrogens is 222 g/mol. The zero-order valence-corrected chi connectivity index (χ0v) is 9.17. The Kier molecular flexibility index (Phi) is 2.55. The van der Waals surface area contributed by atoms with Crippen LogP contribution in [0, 0.1) is 0 Å². The van der Waals surface area contributed by atoms with Crippen LogP contribution in [0.5, 0.6) is 0 Å². The molecule has 0 aliphatic rings. The van der Waals surface area contributed by atoms with Crippen molar-refractivity contribution in [2.45, 2.75) is 13.5 Å². The number of hydrogen-bond acceptors (Lipinski definition) is 4. The third-order valence-corrected chi connectivity index (χ3v) is 2.50. The summed E-state index contributed by atoms with van der Waals surface area (Å²) in [4.78, 5) is 26.8. The van der Waals surface area contributed by atoms with Gasteiger partial charge < -0.3 is 15.4 Å². The number of anilines is 1. The van der Waals surface area contributed by atoms with Crippen molar-refractivity contribution in [3.63, 3.8) is 0 Å². The van der Waals surface area contributed by atoms with E-state index in [1.54, 1.807) is 6.92 Å². The lowest BCUT2D eigenvalue weighted by Gasteiger charge is -2.11. The predicted octanol–water partition coefficient (Wildman–Crippen LogP) is 0.697. The second-order valence-electron chi connectivity index (χ2n) is 3.58. The number of nitrogens with zero attached hydrogens (tertiary/aromatic N) is 2. The number of fused-ring (bicyclic) bond motifs is 1. The van der Waals surface area contributed by atoms with Gasteiger partial charge in [-0.25, -0.2) is 9.78 Å². The highest BCUT2D eigenvalue weighted by Crippen LogP contribution is 2.13. The van der Waals surface area contributed by atoms with Crippen molar-refractivity contribution in [2.24, 2.45) is 0 Å². The van der Waals surface area contributed by atoms with Gasteiger partial charge in [0.05, 0.1) is 17.3 Å². The number of hydrogen-bond donors (Lipinski definition) is 2. The minimum atomic E-state index is -1.15. The smallest absolute Gasteiger partial charge is 0.352 e. The maximum absolute atomic E-state index is 11.8. The lowest BCUT2D eigenvalue weighted by atomic mass is 10.2. The number of nitrogen functional groups attached to an aromatic ring is 1. The van der Waals surface area contributed by atoms with Crippen molar-refractivity contribution < 1.29 is 9.90 Å². The Bertz CT molecular complexity index is 661. The van der Waals surface area contributed by atoms with Crippen molar-refractivity contribution in [1.29, 1.82) is 0 Å². The normalized spacial score (nSPS) is 10.6. The third kappa shape index (κ3) is 1.73. The van der Waals surface area contributed by atoms with Crippen LogP contribution in [0.4, 0.5) is 5.69 Å². The van der Waals surface area contributed by atoms with E-state index < -0.39 is 5.97 Å². The highest BCUT2D eigenvalue weighted by molar-refractivity contribution is 5.90. The number of carbonyl (C=O) groups is 1. The minimum Gasteiger partial charge on any atom is -0.477 e. The van der Waals surface area contributed by atoms with Gasteiger partial charge in [-0.3, -0.25) is 4.79 Å². The fourth-order valence-electron chi connectivity index (χ4n) is 1.76. The minimum absolute atomic E-state index is 0.0673. The van der Waals surface area contributed by atoms with Gasteiger partial charge >= 0.3 is 5.97 Å².